The second kappa shape index (κ2) is 12.3. The zero-order valence-corrected chi connectivity index (χ0v) is 20.6. The molecule has 0 bridgehead atoms. The fourth-order valence-corrected chi connectivity index (χ4v) is 5.14. The molecule has 1 fully saturated rings. The molecule has 0 heterocycles. The topological polar surface area (TPSA) is 58.6 Å². The summed E-state index contributed by atoms with van der Waals surface area (Å²) in [6, 6.07) is 11.5. The Balaban J connectivity index is 1.68. The Morgan fingerprint density at radius 3 is 2.55 bits per heavy atom. The van der Waals surface area contributed by atoms with Crippen LogP contribution < -0.4 is 10.1 Å². The third kappa shape index (κ3) is 7.11. The summed E-state index contributed by atoms with van der Waals surface area (Å²) < 4.78 is 19.3. The summed E-state index contributed by atoms with van der Waals surface area (Å²) >= 11 is 7.38. The number of benzene rings is 2. The SMILES string of the molecule is COc1ccc(CN(C(=O)CSCc2c(F)cccc2Cl)[C@H](C)C(=O)NC2CCCC2)cc1. The van der Waals surface area contributed by atoms with E-state index in [9.17, 15) is 14.0 Å². The minimum atomic E-state index is -0.627. The van der Waals surface area contributed by atoms with Crippen LogP contribution >= 0.6 is 23.4 Å². The molecule has 0 spiro atoms. The van der Waals surface area contributed by atoms with Crippen molar-refractivity contribution in [3.05, 3.63) is 64.4 Å². The van der Waals surface area contributed by atoms with Gasteiger partial charge in [0.1, 0.15) is 17.6 Å². The van der Waals surface area contributed by atoms with Crippen LogP contribution in [0.3, 0.4) is 0 Å². The molecule has 1 aliphatic carbocycles. The molecule has 178 valence electrons. The van der Waals surface area contributed by atoms with Crippen molar-refractivity contribution in [1.82, 2.24) is 10.2 Å². The minimum Gasteiger partial charge on any atom is -0.497 e. The van der Waals surface area contributed by atoms with E-state index in [1.165, 1.54) is 17.8 Å². The highest BCUT2D eigenvalue weighted by atomic mass is 35.5. The third-order valence-electron chi connectivity index (χ3n) is 5.91. The number of hydrogen-bond donors (Lipinski definition) is 1. The maximum atomic E-state index is 14.1. The summed E-state index contributed by atoms with van der Waals surface area (Å²) in [4.78, 5) is 27.7. The molecule has 0 saturated heterocycles. The van der Waals surface area contributed by atoms with Gasteiger partial charge in [-0.15, -0.1) is 11.8 Å². The highest BCUT2D eigenvalue weighted by Crippen LogP contribution is 2.25. The average Bonchev–Trinajstić information content (AvgIpc) is 3.32. The van der Waals surface area contributed by atoms with Crippen molar-refractivity contribution in [2.45, 2.75) is 57.0 Å². The lowest BCUT2D eigenvalue weighted by atomic mass is 10.1. The normalized spacial score (nSPS) is 14.7. The van der Waals surface area contributed by atoms with E-state index in [1.807, 2.05) is 24.3 Å². The van der Waals surface area contributed by atoms with Gasteiger partial charge in [-0.2, -0.15) is 0 Å². The Kier molecular flexibility index (Phi) is 9.44. The highest BCUT2D eigenvalue weighted by Gasteiger charge is 2.28. The van der Waals surface area contributed by atoms with Crippen molar-refractivity contribution in [1.29, 1.82) is 0 Å². The molecule has 1 atom stereocenters. The van der Waals surface area contributed by atoms with Crippen molar-refractivity contribution in [2.24, 2.45) is 0 Å². The Hall–Kier alpha value is -2.25. The van der Waals surface area contributed by atoms with Crippen LogP contribution in [0, 0.1) is 5.82 Å². The maximum Gasteiger partial charge on any atom is 0.242 e. The summed E-state index contributed by atoms with van der Waals surface area (Å²) in [6.45, 7) is 2.05. The molecular weight excluding hydrogens is 463 g/mol. The summed E-state index contributed by atoms with van der Waals surface area (Å²) in [5.41, 5.74) is 1.28. The number of thioether (sulfide) groups is 1. The van der Waals surface area contributed by atoms with E-state index in [1.54, 1.807) is 31.1 Å². The summed E-state index contributed by atoms with van der Waals surface area (Å²) in [7, 11) is 1.60. The molecule has 1 saturated carbocycles. The van der Waals surface area contributed by atoms with Gasteiger partial charge in [0.25, 0.3) is 0 Å². The molecule has 0 aliphatic heterocycles. The fraction of sp³-hybridized carbons (Fsp3) is 0.440. The summed E-state index contributed by atoms with van der Waals surface area (Å²) in [6.07, 6.45) is 4.18. The van der Waals surface area contributed by atoms with Crippen molar-refractivity contribution >= 4 is 35.2 Å². The van der Waals surface area contributed by atoms with Crippen molar-refractivity contribution in [2.75, 3.05) is 12.9 Å². The largest absolute Gasteiger partial charge is 0.497 e. The number of ether oxygens (including phenoxy) is 1. The van der Waals surface area contributed by atoms with Gasteiger partial charge < -0.3 is 15.0 Å². The van der Waals surface area contributed by atoms with Crippen LogP contribution in [0.15, 0.2) is 42.5 Å². The first-order chi connectivity index (χ1) is 15.9. The van der Waals surface area contributed by atoms with Gasteiger partial charge in [-0.3, -0.25) is 9.59 Å². The number of hydrogen-bond acceptors (Lipinski definition) is 4. The van der Waals surface area contributed by atoms with Gasteiger partial charge in [0.15, 0.2) is 0 Å². The third-order valence-corrected chi connectivity index (χ3v) is 7.21. The molecule has 33 heavy (non-hydrogen) atoms. The molecule has 2 aromatic rings. The molecule has 3 rings (SSSR count). The summed E-state index contributed by atoms with van der Waals surface area (Å²) in [5, 5.41) is 3.43. The predicted octanol–water partition coefficient (Wildman–Crippen LogP) is 5.20. The Morgan fingerprint density at radius 1 is 1.21 bits per heavy atom. The van der Waals surface area contributed by atoms with Crippen molar-refractivity contribution in [3.8, 4) is 5.75 Å². The van der Waals surface area contributed by atoms with Gasteiger partial charge in [0.2, 0.25) is 11.8 Å². The van der Waals surface area contributed by atoms with Crippen molar-refractivity contribution in [3.63, 3.8) is 0 Å². The van der Waals surface area contributed by atoms with E-state index >= 15 is 0 Å². The zero-order chi connectivity index (χ0) is 23.8. The number of carbonyl (C=O) groups is 2. The Morgan fingerprint density at radius 2 is 1.91 bits per heavy atom. The smallest absolute Gasteiger partial charge is 0.242 e. The maximum absolute atomic E-state index is 14.1. The Bertz CT molecular complexity index is 931. The standard InChI is InChI=1S/C25H30ClFN2O3S/c1-17(25(31)28-19-6-3-4-7-19)29(14-18-10-12-20(32-2)13-11-18)24(30)16-33-15-21-22(26)8-5-9-23(21)27/h5,8-13,17,19H,3-4,6-7,14-16H2,1-2H3,(H,28,31)/t17-/m1/s1. The number of halogens is 2. The van der Waals surface area contributed by atoms with E-state index in [0.717, 1.165) is 37.0 Å². The van der Waals surface area contributed by atoms with Crippen LogP contribution in [0.5, 0.6) is 5.75 Å². The van der Waals surface area contributed by atoms with Gasteiger partial charge >= 0.3 is 0 Å². The van der Waals surface area contributed by atoms with E-state index < -0.39 is 6.04 Å². The van der Waals surface area contributed by atoms with E-state index in [4.69, 9.17) is 16.3 Å². The van der Waals surface area contributed by atoms with Crippen LogP contribution in [-0.4, -0.2) is 41.7 Å². The van der Waals surface area contributed by atoms with Gasteiger partial charge in [0, 0.05) is 28.9 Å². The molecule has 1 N–H and O–H groups in total. The molecule has 2 aromatic carbocycles. The van der Waals surface area contributed by atoms with Gasteiger partial charge in [0.05, 0.1) is 12.9 Å². The van der Waals surface area contributed by atoms with Crippen LogP contribution in [-0.2, 0) is 21.9 Å². The highest BCUT2D eigenvalue weighted by molar-refractivity contribution is 7.99. The van der Waals surface area contributed by atoms with Crippen LogP contribution in [0.2, 0.25) is 5.02 Å². The first-order valence-electron chi connectivity index (χ1n) is 11.1. The van der Waals surface area contributed by atoms with Crippen molar-refractivity contribution < 1.29 is 18.7 Å². The number of nitrogens with one attached hydrogen (secondary N) is 1. The fourth-order valence-electron chi connectivity index (χ4n) is 3.90. The minimum absolute atomic E-state index is 0.113. The van der Waals surface area contributed by atoms with Gasteiger partial charge in [-0.05, 0) is 49.6 Å². The van der Waals surface area contributed by atoms with Crippen LogP contribution in [0.4, 0.5) is 4.39 Å². The van der Waals surface area contributed by atoms with E-state index in [2.05, 4.69) is 5.32 Å². The summed E-state index contributed by atoms with van der Waals surface area (Å²) in [5.74, 6) is 0.393. The molecule has 8 heteroatoms. The molecule has 0 radical (unpaired) electrons. The monoisotopic (exact) mass is 492 g/mol. The molecule has 0 aromatic heterocycles. The Labute approximate surface area is 204 Å². The quantitative estimate of drug-likeness (QED) is 0.495. The average molecular weight is 493 g/mol. The molecule has 0 unspecified atom stereocenters. The van der Waals surface area contributed by atoms with Crippen LogP contribution in [0.1, 0.15) is 43.7 Å². The van der Waals surface area contributed by atoms with E-state index in [0.29, 0.717) is 17.1 Å². The first-order valence-corrected chi connectivity index (χ1v) is 12.7. The lowest BCUT2D eigenvalue weighted by Crippen LogP contribution is -2.50. The predicted molar refractivity (Wildman–Crippen MR) is 131 cm³/mol. The lowest BCUT2D eigenvalue weighted by Gasteiger charge is -2.29. The second-order valence-electron chi connectivity index (χ2n) is 8.23. The number of rotatable bonds is 10. The number of carbonyl (C=O) groups excluding carboxylic acids is 2. The molecular formula is C25H30ClFN2O3S. The molecule has 5 nitrogen and oxygen atoms in total. The molecule has 1 aliphatic rings. The molecule has 2 amide bonds. The second-order valence-corrected chi connectivity index (χ2v) is 9.62. The zero-order valence-electron chi connectivity index (χ0n) is 19.0. The number of amides is 2. The van der Waals surface area contributed by atoms with Gasteiger partial charge in [-0.25, -0.2) is 4.39 Å². The first kappa shape index (κ1) is 25.4. The van der Waals surface area contributed by atoms with Gasteiger partial charge in [-0.1, -0.05) is 42.6 Å². The lowest BCUT2D eigenvalue weighted by molar-refractivity contribution is -0.138. The van der Waals surface area contributed by atoms with E-state index in [-0.39, 0.29) is 35.2 Å². The number of methoxy groups -OCH3 is 1. The number of nitrogens with zero attached hydrogens (tertiary/aromatic N) is 1. The van der Waals surface area contributed by atoms with Crippen LogP contribution in [0.25, 0.3) is 0 Å².